The van der Waals surface area contributed by atoms with Crippen LogP contribution in [0.15, 0.2) is 18.2 Å². The molecule has 82 valence electrons. The average Bonchev–Trinajstić information content (AvgIpc) is 2.71. The highest BCUT2D eigenvalue weighted by Crippen LogP contribution is 2.25. The lowest BCUT2D eigenvalue weighted by Crippen LogP contribution is -2.18. The van der Waals surface area contributed by atoms with Gasteiger partial charge in [0.2, 0.25) is 0 Å². The minimum Gasteiger partial charge on any atom is -0.493 e. The van der Waals surface area contributed by atoms with Gasteiger partial charge < -0.3 is 14.8 Å². The smallest absolute Gasteiger partial charge is 0.122 e. The molecule has 0 fully saturated rings. The van der Waals surface area contributed by atoms with Crippen LogP contribution in [0.2, 0.25) is 0 Å². The van der Waals surface area contributed by atoms with E-state index in [2.05, 4.69) is 23.5 Å². The highest BCUT2D eigenvalue weighted by molar-refractivity contribution is 5.39. The van der Waals surface area contributed by atoms with Crippen molar-refractivity contribution < 1.29 is 9.47 Å². The first-order valence-electron chi connectivity index (χ1n) is 5.34. The Hall–Kier alpha value is -1.06. The van der Waals surface area contributed by atoms with Crippen molar-refractivity contribution in [3.8, 4) is 5.75 Å². The lowest BCUT2D eigenvalue weighted by atomic mass is 10.1. The SMILES string of the molecule is COCCNCc1ccc2c(c1)CCO2. The fraction of sp³-hybridized carbons (Fsp3) is 0.500. The van der Waals surface area contributed by atoms with Crippen molar-refractivity contribution >= 4 is 0 Å². The van der Waals surface area contributed by atoms with Gasteiger partial charge in [0.1, 0.15) is 5.75 Å². The third kappa shape index (κ3) is 2.70. The Morgan fingerprint density at radius 3 is 3.27 bits per heavy atom. The first-order chi connectivity index (χ1) is 7.40. The summed E-state index contributed by atoms with van der Waals surface area (Å²) >= 11 is 0. The summed E-state index contributed by atoms with van der Waals surface area (Å²) in [6.45, 7) is 3.38. The van der Waals surface area contributed by atoms with Crippen molar-refractivity contribution in [2.24, 2.45) is 0 Å². The normalized spacial score (nSPS) is 13.7. The quantitative estimate of drug-likeness (QED) is 0.739. The zero-order valence-corrected chi connectivity index (χ0v) is 9.08. The molecule has 0 radical (unpaired) electrons. The van der Waals surface area contributed by atoms with E-state index in [1.165, 1.54) is 11.1 Å². The van der Waals surface area contributed by atoms with Crippen LogP contribution in [0.1, 0.15) is 11.1 Å². The summed E-state index contributed by atoms with van der Waals surface area (Å²) in [5.41, 5.74) is 2.65. The van der Waals surface area contributed by atoms with E-state index in [1.54, 1.807) is 7.11 Å². The van der Waals surface area contributed by atoms with Crippen LogP contribution in [-0.4, -0.2) is 26.9 Å². The Kier molecular flexibility index (Phi) is 3.59. The number of hydrogen-bond acceptors (Lipinski definition) is 3. The molecule has 2 rings (SSSR count). The summed E-state index contributed by atoms with van der Waals surface area (Å²) in [5, 5.41) is 3.33. The lowest BCUT2D eigenvalue weighted by molar-refractivity contribution is 0.199. The number of hydrogen-bond donors (Lipinski definition) is 1. The summed E-state index contributed by atoms with van der Waals surface area (Å²) < 4.78 is 10.4. The van der Waals surface area contributed by atoms with Crippen molar-refractivity contribution in [2.75, 3.05) is 26.9 Å². The van der Waals surface area contributed by atoms with Crippen molar-refractivity contribution in [3.63, 3.8) is 0 Å². The molecule has 0 aliphatic carbocycles. The minimum atomic E-state index is 0.758. The number of methoxy groups -OCH3 is 1. The van der Waals surface area contributed by atoms with Crippen LogP contribution in [0.4, 0.5) is 0 Å². The van der Waals surface area contributed by atoms with E-state index in [-0.39, 0.29) is 0 Å². The Morgan fingerprint density at radius 1 is 1.47 bits per heavy atom. The average molecular weight is 207 g/mol. The van der Waals surface area contributed by atoms with Crippen LogP contribution in [0.5, 0.6) is 5.75 Å². The molecule has 0 bridgehead atoms. The molecule has 1 N–H and O–H groups in total. The molecule has 0 atom stereocenters. The first kappa shape index (κ1) is 10.5. The fourth-order valence-electron chi connectivity index (χ4n) is 1.76. The van der Waals surface area contributed by atoms with Crippen LogP contribution in [0.3, 0.4) is 0 Å². The Morgan fingerprint density at radius 2 is 2.40 bits per heavy atom. The highest BCUT2D eigenvalue weighted by atomic mass is 16.5. The summed E-state index contributed by atoms with van der Waals surface area (Å²) in [7, 11) is 1.72. The number of ether oxygens (including phenoxy) is 2. The van der Waals surface area contributed by atoms with Crippen molar-refractivity contribution in [2.45, 2.75) is 13.0 Å². The molecule has 1 aromatic rings. The number of fused-ring (bicyclic) bond motifs is 1. The zero-order chi connectivity index (χ0) is 10.5. The van der Waals surface area contributed by atoms with E-state index in [0.29, 0.717) is 0 Å². The maximum atomic E-state index is 5.46. The number of nitrogens with one attached hydrogen (secondary N) is 1. The second-order valence-electron chi connectivity index (χ2n) is 3.71. The van der Waals surface area contributed by atoms with E-state index < -0.39 is 0 Å². The van der Waals surface area contributed by atoms with Crippen LogP contribution >= 0.6 is 0 Å². The Bertz CT molecular complexity index is 325. The second kappa shape index (κ2) is 5.14. The van der Waals surface area contributed by atoms with Gasteiger partial charge in [-0.1, -0.05) is 12.1 Å². The third-order valence-corrected chi connectivity index (χ3v) is 2.57. The summed E-state index contributed by atoms with van der Waals surface area (Å²) in [6, 6.07) is 6.40. The molecule has 0 saturated heterocycles. The third-order valence-electron chi connectivity index (χ3n) is 2.57. The van der Waals surface area contributed by atoms with E-state index in [0.717, 1.165) is 38.5 Å². The molecule has 0 aromatic heterocycles. The van der Waals surface area contributed by atoms with Crippen LogP contribution in [0.25, 0.3) is 0 Å². The minimum absolute atomic E-state index is 0.758. The van der Waals surface area contributed by atoms with Gasteiger partial charge in [0.05, 0.1) is 13.2 Å². The molecule has 1 aromatic carbocycles. The number of benzene rings is 1. The van der Waals surface area contributed by atoms with Gasteiger partial charge in [-0.2, -0.15) is 0 Å². The van der Waals surface area contributed by atoms with Gasteiger partial charge >= 0.3 is 0 Å². The molecule has 0 unspecified atom stereocenters. The van der Waals surface area contributed by atoms with Gasteiger partial charge in [-0.25, -0.2) is 0 Å². The fourth-order valence-corrected chi connectivity index (χ4v) is 1.76. The van der Waals surface area contributed by atoms with Crippen molar-refractivity contribution in [1.82, 2.24) is 5.32 Å². The predicted octanol–water partition coefficient (Wildman–Crippen LogP) is 1.36. The topological polar surface area (TPSA) is 30.5 Å². The molecule has 0 saturated carbocycles. The predicted molar refractivity (Wildman–Crippen MR) is 59.2 cm³/mol. The summed E-state index contributed by atoms with van der Waals surface area (Å²) in [4.78, 5) is 0. The zero-order valence-electron chi connectivity index (χ0n) is 9.08. The van der Waals surface area contributed by atoms with Gasteiger partial charge in [-0.05, 0) is 17.2 Å². The number of rotatable bonds is 5. The van der Waals surface area contributed by atoms with Gasteiger partial charge in [0.15, 0.2) is 0 Å². The molecule has 3 heteroatoms. The highest BCUT2D eigenvalue weighted by Gasteiger charge is 2.11. The molecule has 3 nitrogen and oxygen atoms in total. The molecule has 1 aliphatic heterocycles. The summed E-state index contributed by atoms with van der Waals surface area (Å²) in [5.74, 6) is 1.05. The van der Waals surface area contributed by atoms with Gasteiger partial charge in [0, 0.05) is 26.6 Å². The van der Waals surface area contributed by atoms with Crippen molar-refractivity contribution in [3.05, 3.63) is 29.3 Å². The van der Waals surface area contributed by atoms with E-state index in [9.17, 15) is 0 Å². The second-order valence-corrected chi connectivity index (χ2v) is 3.71. The molecule has 0 spiro atoms. The molecule has 0 amide bonds. The maximum absolute atomic E-state index is 5.46. The van der Waals surface area contributed by atoms with Crippen LogP contribution in [0, 0.1) is 0 Å². The standard InChI is InChI=1S/C12H17NO2/c1-14-7-5-13-9-10-2-3-12-11(8-10)4-6-15-12/h2-3,8,13H,4-7,9H2,1H3. The van der Waals surface area contributed by atoms with E-state index in [1.807, 2.05) is 0 Å². The first-order valence-corrected chi connectivity index (χ1v) is 5.34. The van der Waals surface area contributed by atoms with E-state index in [4.69, 9.17) is 9.47 Å². The van der Waals surface area contributed by atoms with Crippen molar-refractivity contribution in [1.29, 1.82) is 0 Å². The van der Waals surface area contributed by atoms with Gasteiger partial charge in [-0.15, -0.1) is 0 Å². The Balaban J connectivity index is 1.87. The van der Waals surface area contributed by atoms with Gasteiger partial charge in [0.25, 0.3) is 0 Å². The molecule has 1 heterocycles. The monoisotopic (exact) mass is 207 g/mol. The van der Waals surface area contributed by atoms with Crippen LogP contribution < -0.4 is 10.1 Å². The van der Waals surface area contributed by atoms with Crippen LogP contribution in [-0.2, 0) is 17.7 Å². The Labute approximate surface area is 90.4 Å². The van der Waals surface area contributed by atoms with E-state index >= 15 is 0 Å². The summed E-state index contributed by atoms with van der Waals surface area (Å²) in [6.07, 6.45) is 1.04. The molecule has 1 aliphatic rings. The lowest BCUT2D eigenvalue weighted by Gasteiger charge is -2.05. The molecular formula is C12H17NO2. The molecule has 15 heavy (non-hydrogen) atoms. The largest absolute Gasteiger partial charge is 0.493 e. The maximum Gasteiger partial charge on any atom is 0.122 e. The molecular weight excluding hydrogens is 190 g/mol. The van der Waals surface area contributed by atoms with Gasteiger partial charge in [-0.3, -0.25) is 0 Å².